The van der Waals surface area contributed by atoms with Gasteiger partial charge in [0.1, 0.15) is 0 Å². The normalized spacial score (nSPS) is 15.3. The first kappa shape index (κ1) is 27.4. The molecule has 1 aliphatic heterocycles. The summed E-state index contributed by atoms with van der Waals surface area (Å²) < 4.78 is 54.7. The Balaban J connectivity index is 1.31. The zero-order valence-electron chi connectivity index (χ0n) is 19.6. The third-order valence-electron chi connectivity index (χ3n) is 6.03. The summed E-state index contributed by atoms with van der Waals surface area (Å²) in [6.45, 7) is 0.498. The number of hydrogen-bond acceptors (Lipinski definition) is 5. The number of nitrogens with one attached hydrogen (secondary N) is 2. The van der Waals surface area contributed by atoms with Crippen molar-refractivity contribution in [1.29, 1.82) is 0 Å². The Bertz CT molecular complexity index is 1470. The number of sulfonamides is 2. The van der Waals surface area contributed by atoms with E-state index in [1.807, 2.05) is 0 Å². The molecular weight excluding hydrogens is 557 g/mol. The van der Waals surface area contributed by atoms with Crippen molar-refractivity contribution in [2.24, 2.45) is 5.92 Å². The van der Waals surface area contributed by atoms with E-state index in [0.717, 1.165) is 0 Å². The van der Waals surface area contributed by atoms with Crippen LogP contribution in [0.2, 0.25) is 10.0 Å². The summed E-state index contributed by atoms with van der Waals surface area (Å²) in [4.78, 5) is 12.8. The number of carbonyl (C=O) groups is 1. The maximum Gasteiger partial charge on any atom is 0.261 e. The molecule has 1 fully saturated rings. The molecule has 0 spiro atoms. The Morgan fingerprint density at radius 1 is 0.865 bits per heavy atom. The zero-order valence-corrected chi connectivity index (χ0v) is 22.7. The fourth-order valence-electron chi connectivity index (χ4n) is 3.99. The number of piperidine rings is 1. The third-order valence-corrected chi connectivity index (χ3v) is 9.84. The van der Waals surface area contributed by atoms with E-state index in [9.17, 15) is 21.6 Å². The lowest BCUT2D eigenvalue weighted by molar-refractivity contribution is -0.120. The van der Waals surface area contributed by atoms with E-state index in [1.54, 1.807) is 48.5 Å². The van der Waals surface area contributed by atoms with Gasteiger partial charge in [-0.25, -0.2) is 21.1 Å². The molecule has 1 saturated heterocycles. The van der Waals surface area contributed by atoms with Crippen LogP contribution in [0.25, 0.3) is 0 Å². The molecule has 3 aromatic rings. The molecule has 2 N–H and O–H groups in total. The van der Waals surface area contributed by atoms with Crippen molar-refractivity contribution in [2.45, 2.75) is 23.5 Å². The van der Waals surface area contributed by atoms with Crippen LogP contribution in [-0.2, 0) is 30.6 Å². The zero-order chi connectivity index (χ0) is 26.6. The summed E-state index contributed by atoms with van der Waals surface area (Å²) in [5.41, 5.74) is 1.36. The van der Waals surface area contributed by atoms with E-state index in [2.05, 4.69) is 10.0 Å². The molecular formula is C25H25Cl2N3O5S2. The second-order valence-electron chi connectivity index (χ2n) is 8.65. The van der Waals surface area contributed by atoms with E-state index in [1.165, 1.54) is 28.6 Å². The predicted molar refractivity (Wildman–Crippen MR) is 146 cm³/mol. The highest BCUT2D eigenvalue weighted by molar-refractivity contribution is 7.92. The largest absolute Gasteiger partial charge is 0.326 e. The standard InChI is InChI=1S/C25H25Cl2N3O5S2/c26-20-7-5-18(6-8-20)17-36(32,33)30-15-13-19(14-16-30)25(31)28-21-9-11-22(12-10-21)37(34,35)29-24-4-2-1-3-23(24)27/h1-12,19,29H,13-17H2,(H,28,31). The molecule has 37 heavy (non-hydrogen) atoms. The van der Waals surface area contributed by atoms with Gasteiger partial charge in [-0.2, -0.15) is 0 Å². The van der Waals surface area contributed by atoms with Gasteiger partial charge in [0.25, 0.3) is 10.0 Å². The van der Waals surface area contributed by atoms with E-state index in [0.29, 0.717) is 29.1 Å². The fraction of sp³-hybridized carbons (Fsp3) is 0.240. The fourth-order valence-corrected chi connectivity index (χ4v) is 7.00. The maximum atomic E-state index is 12.8. The van der Waals surface area contributed by atoms with Crippen LogP contribution in [0.5, 0.6) is 0 Å². The van der Waals surface area contributed by atoms with E-state index < -0.39 is 20.0 Å². The summed E-state index contributed by atoms with van der Waals surface area (Å²) in [6.07, 6.45) is 0.778. The lowest BCUT2D eigenvalue weighted by Crippen LogP contribution is -2.41. The molecule has 1 amide bonds. The second-order valence-corrected chi connectivity index (χ2v) is 13.1. The molecule has 196 valence electrons. The minimum atomic E-state index is -3.86. The van der Waals surface area contributed by atoms with Crippen LogP contribution < -0.4 is 10.0 Å². The Kier molecular flexibility index (Phi) is 8.45. The van der Waals surface area contributed by atoms with Gasteiger partial charge >= 0.3 is 0 Å². The highest BCUT2D eigenvalue weighted by atomic mass is 35.5. The number of hydrogen-bond donors (Lipinski definition) is 2. The number of carbonyl (C=O) groups excluding carboxylic acids is 1. The number of nitrogens with zero attached hydrogens (tertiary/aromatic N) is 1. The molecule has 0 unspecified atom stereocenters. The first-order valence-electron chi connectivity index (χ1n) is 11.4. The number of rotatable bonds is 8. The van der Waals surface area contributed by atoms with Crippen LogP contribution >= 0.6 is 23.2 Å². The maximum absolute atomic E-state index is 12.8. The number of para-hydroxylation sites is 1. The summed E-state index contributed by atoms with van der Waals surface area (Å²) >= 11 is 11.9. The molecule has 0 atom stereocenters. The Hall–Kier alpha value is -2.63. The number of halogens is 2. The van der Waals surface area contributed by atoms with Crippen LogP contribution in [0.4, 0.5) is 11.4 Å². The Labute approximate surface area is 226 Å². The highest BCUT2D eigenvalue weighted by Gasteiger charge is 2.31. The van der Waals surface area contributed by atoms with Crippen molar-refractivity contribution < 1.29 is 21.6 Å². The van der Waals surface area contributed by atoms with Crippen LogP contribution in [0.15, 0.2) is 77.7 Å². The van der Waals surface area contributed by atoms with Gasteiger partial charge in [0.2, 0.25) is 15.9 Å². The van der Waals surface area contributed by atoms with Crippen LogP contribution in [0.3, 0.4) is 0 Å². The highest BCUT2D eigenvalue weighted by Crippen LogP contribution is 2.26. The van der Waals surface area contributed by atoms with Gasteiger partial charge in [0, 0.05) is 29.7 Å². The first-order valence-corrected chi connectivity index (χ1v) is 15.3. The first-order chi connectivity index (χ1) is 17.5. The summed E-state index contributed by atoms with van der Waals surface area (Å²) in [5.74, 6) is -0.714. The van der Waals surface area contributed by atoms with Crippen molar-refractivity contribution in [3.63, 3.8) is 0 Å². The Morgan fingerprint density at radius 3 is 2.11 bits per heavy atom. The molecule has 8 nitrogen and oxygen atoms in total. The monoisotopic (exact) mass is 581 g/mol. The number of amides is 1. The number of benzene rings is 3. The molecule has 1 heterocycles. The van der Waals surface area contributed by atoms with Crippen LogP contribution in [0.1, 0.15) is 18.4 Å². The predicted octanol–water partition coefficient (Wildman–Crippen LogP) is 4.97. The molecule has 0 saturated carbocycles. The molecule has 0 radical (unpaired) electrons. The van der Waals surface area contributed by atoms with E-state index in [-0.39, 0.29) is 46.3 Å². The van der Waals surface area contributed by atoms with Gasteiger partial charge in [-0.1, -0.05) is 47.5 Å². The molecule has 0 aromatic heterocycles. The van der Waals surface area contributed by atoms with Crippen LogP contribution in [-0.4, -0.2) is 40.1 Å². The third kappa shape index (κ3) is 7.03. The molecule has 1 aliphatic rings. The van der Waals surface area contributed by atoms with Crippen LogP contribution in [0, 0.1) is 5.92 Å². The molecule has 4 rings (SSSR count). The molecule has 0 aliphatic carbocycles. The average Bonchev–Trinajstić information content (AvgIpc) is 2.87. The summed E-state index contributed by atoms with van der Waals surface area (Å²) in [7, 11) is -7.38. The second kappa shape index (κ2) is 11.4. The minimum Gasteiger partial charge on any atom is -0.326 e. The lowest BCUT2D eigenvalue weighted by Gasteiger charge is -2.30. The van der Waals surface area contributed by atoms with Gasteiger partial charge in [0.05, 0.1) is 21.4 Å². The van der Waals surface area contributed by atoms with Gasteiger partial charge in [-0.3, -0.25) is 9.52 Å². The van der Waals surface area contributed by atoms with Gasteiger partial charge in [0.15, 0.2) is 0 Å². The van der Waals surface area contributed by atoms with E-state index in [4.69, 9.17) is 23.2 Å². The quantitative estimate of drug-likeness (QED) is 0.389. The van der Waals surface area contributed by atoms with Crippen molar-refractivity contribution in [3.05, 3.63) is 88.4 Å². The van der Waals surface area contributed by atoms with Gasteiger partial charge < -0.3 is 5.32 Å². The Morgan fingerprint density at radius 2 is 1.49 bits per heavy atom. The summed E-state index contributed by atoms with van der Waals surface area (Å²) in [6, 6.07) is 19.0. The van der Waals surface area contributed by atoms with Gasteiger partial charge in [-0.15, -0.1) is 0 Å². The van der Waals surface area contributed by atoms with Crippen molar-refractivity contribution >= 4 is 60.5 Å². The topological polar surface area (TPSA) is 113 Å². The smallest absolute Gasteiger partial charge is 0.261 e. The minimum absolute atomic E-state index is 0.0182. The molecule has 0 bridgehead atoms. The van der Waals surface area contributed by atoms with Crippen molar-refractivity contribution in [3.8, 4) is 0 Å². The SMILES string of the molecule is O=C(Nc1ccc(S(=O)(=O)Nc2ccccc2Cl)cc1)C1CCN(S(=O)(=O)Cc2ccc(Cl)cc2)CC1. The van der Waals surface area contributed by atoms with Crippen molar-refractivity contribution in [1.82, 2.24) is 4.31 Å². The van der Waals surface area contributed by atoms with E-state index >= 15 is 0 Å². The lowest BCUT2D eigenvalue weighted by atomic mass is 9.97. The molecule has 3 aromatic carbocycles. The number of anilines is 2. The van der Waals surface area contributed by atoms with Crippen molar-refractivity contribution in [2.75, 3.05) is 23.1 Å². The summed E-state index contributed by atoms with van der Waals surface area (Å²) in [5, 5.41) is 3.61. The molecule has 12 heteroatoms. The van der Waals surface area contributed by atoms with Gasteiger partial charge in [-0.05, 0) is 66.9 Å². The average molecular weight is 583 g/mol.